The summed E-state index contributed by atoms with van der Waals surface area (Å²) >= 11 is 0. The second-order valence-corrected chi connectivity index (χ2v) is 4.17. The maximum absolute atomic E-state index is 5.66. The van der Waals surface area contributed by atoms with Crippen molar-refractivity contribution in [2.75, 3.05) is 13.2 Å². The maximum Gasteiger partial charge on any atom is 0.184 e. The van der Waals surface area contributed by atoms with Crippen LogP contribution in [0.25, 0.3) is 0 Å². The van der Waals surface area contributed by atoms with E-state index in [4.69, 9.17) is 9.47 Å². The van der Waals surface area contributed by atoms with Gasteiger partial charge in [-0.1, -0.05) is 12.1 Å². The molecule has 1 fully saturated rings. The second-order valence-electron chi connectivity index (χ2n) is 4.17. The zero-order valence-corrected chi connectivity index (χ0v) is 9.67. The first kappa shape index (κ1) is 10.7. The molecule has 0 spiro atoms. The molecule has 1 aliphatic heterocycles. The van der Waals surface area contributed by atoms with Crippen molar-refractivity contribution in [2.45, 2.75) is 33.5 Å². The minimum atomic E-state index is -0.154. The molecule has 82 valence electrons. The standard InChI is InChI=1S/C13H18O2/c1-9-5-6-10(2)12(11(9)3)13-14-7-4-8-15-13/h5-6,13H,4,7-8H2,1-3H3. The van der Waals surface area contributed by atoms with Gasteiger partial charge in [0.25, 0.3) is 0 Å². The van der Waals surface area contributed by atoms with Crippen LogP contribution in [0.15, 0.2) is 12.1 Å². The Bertz CT molecular complexity index is 352. The van der Waals surface area contributed by atoms with Crippen LogP contribution in [0.3, 0.4) is 0 Å². The lowest BCUT2D eigenvalue weighted by Crippen LogP contribution is -2.19. The molecule has 0 atom stereocenters. The molecule has 2 rings (SSSR count). The Morgan fingerprint density at radius 1 is 1.00 bits per heavy atom. The van der Waals surface area contributed by atoms with Gasteiger partial charge in [-0.15, -0.1) is 0 Å². The number of rotatable bonds is 1. The number of benzene rings is 1. The topological polar surface area (TPSA) is 18.5 Å². The minimum absolute atomic E-state index is 0.154. The lowest BCUT2D eigenvalue weighted by molar-refractivity contribution is -0.183. The average molecular weight is 206 g/mol. The fourth-order valence-electron chi connectivity index (χ4n) is 1.99. The predicted molar refractivity (Wildman–Crippen MR) is 59.9 cm³/mol. The van der Waals surface area contributed by atoms with Crippen LogP contribution in [-0.4, -0.2) is 13.2 Å². The van der Waals surface area contributed by atoms with Crippen molar-refractivity contribution in [3.63, 3.8) is 0 Å². The van der Waals surface area contributed by atoms with E-state index < -0.39 is 0 Å². The van der Waals surface area contributed by atoms with E-state index >= 15 is 0 Å². The van der Waals surface area contributed by atoms with Gasteiger partial charge in [-0.25, -0.2) is 0 Å². The molecule has 0 aliphatic carbocycles. The molecule has 15 heavy (non-hydrogen) atoms. The van der Waals surface area contributed by atoms with Crippen LogP contribution >= 0.6 is 0 Å². The van der Waals surface area contributed by atoms with Crippen LogP contribution in [0.1, 0.15) is 35.0 Å². The van der Waals surface area contributed by atoms with Crippen molar-refractivity contribution in [3.05, 3.63) is 34.4 Å². The van der Waals surface area contributed by atoms with Crippen molar-refractivity contribution in [2.24, 2.45) is 0 Å². The highest BCUT2D eigenvalue weighted by Gasteiger charge is 2.20. The lowest BCUT2D eigenvalue weighted by atomic mass is 9.98. The molecule has 0 saturated carbocycles. The lowest BCUT2D eigenvalue weighted by Gasteiger charge is -2.26. The molecule has 1 heterocycles. The van der Waals surface area contributed by atoms with Gasteiger partial charge in [0.2, 0.25) is 0 Å². The number of hydrogen-bond donors (Lipinski definition) is 0. The van der Waals surface area contributed by atoms with Gasteiger partial charge in [-0.3, -0.25) is 0 Å². The summed E-state index contributed by atoms with van der Waals surface area (Å²) in [6.07, 6.45) is 0.846. The summed E-state index contributed by atoms with van der Waals surface area (Å²) in [6, 6.07) is 4.29. The molecule has 2 heteroatoms. The summed E-state index contributed by atoms with van der Waals surface area (Å²) in [5.74, 6) is 0. The van der Waals surface area contributed by atoms with Crippen LogP contribution in [0, 0.1) is 20.8 Å². The van der Waals surface area contributed by atoms with Gasteiger partial charge in [-0.05, 0) is 43.9 Å². The van der Waals surface area contributed by atoms with E-state index in [1.807, 2.05) is 0 Å². The summed E-state index contributed by atoms with van der Waals surface area (Å²) in [6.45, 7) is 7.98. The Labute approximate surface area is 91.2 Å². The zero-order valence-electron chi connectivity index (χ0n) is 9.67. The SMILES string of the molecule is Cc1ccc(C)c(C2OCCCO2)c1C. The third-order valence-corrected chi connectivity index (χ3v) is 3.07. The first-order valence-electron chi connectivity index (χ1n) is 5.50. The molecule has 0 amide bonds. The smallest absolute Gasteiger partial charge is 0.184 e. The molecule has 0 N–H and O–H groups in total. The van der Waals surface area contributed by atoms with Gasteiger partial charge in [-0.2, -0.15) is 0 Å². The van der Waals surface area contributed by atoms with Gasteiger partial charge in [0.15, 0.2) is 6.29 Å². The molecular weight excluding hydrogens is 188 g/mol. The summed E-state index contributed by atoms with van der Waals surface area (Å²) in [5.41, 5.74) is 5.06. The summed E-state index contributed by atoms with van der Waals surface area (Å²) < 4.78 is 11.3. The van der Waals surface area contributed by atoms with Gasteiger partial charge < -0.3 is 9.47 Å². The highest BCUT2D eigenvalue weighted by Crippen LogP contribution is 2.29. The molecule has 2 nitrogen and oxygen atoms in total. The predicted octanol–water partition coefficient (Wildman–Crippen LogP) is 3.05. The van der Waals surface area contributed by atoms with Gasteiger partial charge in [0, 0.05) is 5.56 Å². The van der Waals surface area contributed by atoms with Gasteiger partial charge in [0.1, 0.15) is 0 Å². The quantitative estimate of drug-likeness (QED) is 0.703. The third-order valence-electron chi connectivity index (χ3n) is 3.07. The van der Waals surface area contributed by atoms with Crippen LogP contribution in [0.4, 0.5) is 0 Å². The molecule has 1 aliphatic rings. The Hall–Kier alpha value is -0.860. The average Bonchev–Trinajstić information content (AvgIpc) is 2.26. The van der Waals surface area contributed by atoms with E-state index in [9.17, 15) is 0 Å². The number of aryl methyl sites for hydroxylation is 2. The van der Waals surface area contributed by atoms with Crippen molar-refractivity contribution in [1.82, 2.24) is 0 Å². The zero-order chi connectivity index (χ0) is 10.8. The molecule has 1 aromatic rings. The van der Waals surface area contributed by atoms with Gasteiger partial charge in [0.05, 0.1) is 13.2 Å². The highest BCUT2D eigenvalue weighted by molar-refractivity contribution is 5.39. The molecule has 1 aromatic carbocycles. The molecule has 0 unspecified atom stereocenters. The second kappa shape index (κ2) is 4.33. The fourth-order valence-corrected chi connectivity index (χ4v) is 1.99. The van der Waals surface area contributed by atoms with Crippen LogP contribution in [0.2, 0.25) is 0 Å². The Kier molecular flexibility index (Phi) is 3.08. The number of hydrogen-bond acceptors (Lipinski definition) is 2. The minimum Gasteiger partial charge on any atom is -0.348 e. The summed E-state index contributed by atoms with van der Waals surface area (Å²) in [5, 5.41) is 0. The van der Waals surface area contributed by atoms with Crippen molar-refractivity contribution in [3.8, 4) is 0 Å². The van der Waals surface area contributed by atoms with E-state index in [1.165, 1.54) is 22.3 Å². The number of ether oxygens (including phenoxy) is 2. The van der Waals surface area contributed by atoms with E-state index in [-0.39, 0.29) is 6.29 Å². The largest absolute Gasteiger partial charge is 0.348 e. The molecule has 0 bridgehead atoms. The first-order valence-corrected chi connectivity index (χ1v) is 5.50. The van der Waals surface area contributed by atoms with E-state index in [0.29, 0.717) is 0 Å². The molecule has 0 aromatic heterocycles. The summed E-state index contributed by atoms with van der Waals surface area (Å²) in [4.78, 5) is 0. The molecule has 0 radical (unpaired) electrons. The molecule has 1 saturated heterocycles. The van der Waals surface area contributed by atoms with Crippen molar-refractivity contribution in [1.29, 1.82) is 0 Å². The van der Waals surface area contributed by atoms with Crippen molar-refractivity contribution >= 4 is 0 Å². The maximum atomic E-state index is 5.66. The summed E-state index contributed by atoms with van der Waals surface area (Å²) in [7, 11) is 0. The third kappa shape index (κ3) is 2.06. The monoisotopic (exact) mass is 206 g/mol. The first-order chi connectivity index (χ1) is 7.20. The van der Waals surface area contributed by atoms with E-state index in [1.54, 1.807) is 0 Å². The van der Waals surface area contributed by atoms with Crippen molar-refractivity contribution < 1.29 is 9.47 Å². The van der Waals surface area contributed by atoms with Crippen LogP contribution < -0.4 is 0 Å². The van der Waals surface area contributed by atoms with E-state index in [2.05, 4.69) is 32.9 Å². The van der Waals surface area contributed by atoms with Crippen LogP contribution in [0.5, 0.6) is 0 Å². The van der Waals surface area contributed by atoms with Crippen LogP contribution in [-0.2, 0) is 9.47 Å². The Morgan fingerprint density at radius 3 is 2.27 bits per heavy atom. The highest BCUT2D eigenvalue weighted by atomic mass is 16.7. The Morgan fingerprint density at radius 2 is 1.60 bits per heavy atom. The van der Waals surface area contributed by atoms with Gasteiger partial charge >= 0.3 is 0 Å². The Balaban J connectivity index is 2.36. The van der Waals surface area contributed by atoms with E-state index in [0.717, 1.165) is 19.6 Å². The molecular formula is C13H18O2. The normalized spacial score (nSPS) is 18.1. The fraction of sp³-hybridized carbons (Fsp3) is 0.538.